The Kier molecular flexibility index (Phi) is 2.40. The van der Waals surface area contributed by atoms with Gasteiger partial charge in [-0.2, -0.15) is 0 Å². The third kappa shape index (κ3) is 1.44. The van der Waals surface area contributed by atoms with Crippen molar-refractivity contribution in [1.29, 1.82) is 0 Å². The minimum absolute atomic E-state index is 0.409. The SMILES string of the molecule is COc1ccc(OC)c2[nH]c(=O)c(=O)[nH]c12. The third-order valence-electron chi connectivity index (χ3n) is 2.25. The van der Waals surface area contributed by atoms with Crippen LogP contribution in [0, 0.1) is 0 Å². The van der Waals surface area contributed by atoms with Gasteiger partial charge < -0.3 is 19.4 Å². The van der Waals surface area contributed by atoms with Crippen LogP contribution in [-0.4, -0.2) is 24.2 Å². The Morgan fingerprint density at radius 3 is 1.56 bits per heavy atom. The molecule has 0 spiro atoms. The summed E-state index contributed by atoms with van der Waals surface area (Å²) in [7, 11) is 2.95. The molecule has 0 fully saturated rings. The van der Waals surface area contributed by atoms with E-state index in [2.05, 4.69) is 9.97 Å². The summed E-state index contributed by atoms with van der Waals surface area (Å²) in [6, 6.07) is 3.30. The van der Waals surface area contributed by atoms with Gasteiger partial charge in [0.05, 0.1) is 14.2 Å². The highest BCUT2D eigenvalue weighted by atomic mass is 16.5. The Balaban J connectivity index is 2.96. The molecule has 6 heteroatoms. The molecular weight excluding hydrogens is 212 g/mol. The molecule has 16 heavy (non-hydrogen) atoms. The van der Waals surface area contributed by atoms with Gasteiger partial charge in [-0.1, -0.05) is 0 Å². The maximum absolute atomic E-state index is 11.2. The lowest BCUT2D eigenvalue weighted by Gasteiger charge is -2.08. The number of rotatable bonds is 2. The first-order valence-corrected chi connectivity index (χ1v) is 4.54. The molecule has 0 aliphatic carbocycles. The van der Waals surface area contributed by atoms with Crippen LogP contribution in [0.25, 0.3) is 11.0 Å². The predicted octanol–water partition coefficient (Wildman–Crippen LogP) is 0.234. The summed E-state index contributed by atoms with van der Waals surface area (Å²) in [5.74, 6) is 0.924. The molecule has 1 heterocycles. The van der Waals surface area contributed by atoms with Gasteiger partial charge in [-0.3, -0.25) is 9.59 Å². The average molecular weight is 222 g/mol. The molecule has 84 valence electrons. The second-order valence-electron chi connectivity index (χ2n) is 3.13. The quantitative estimate of drug-likeness (QED) is 0.712. The number of H-pyrrole nitrogens is 2. The van der Waals surface area contributed by atoms with E-state index in [4.69, 9.17) is 9.47 Å². The largest absolute Gasteiger partial charge is 0.494 e. The fraction of sp³-hybridized carbons (Fsp3) is 0.200. The van der Waals surface area contributed by atoms with Crippen molar-refractivity contribution in [2.24, 2.45) is 0 Å². The van der Waals surface area contributed by atoms with E-state index in [9.17, 15) is 9.59 Å². The lowest BCUT2D eigenvalue weighted by molar-refractivity contribution is 0.409. The van der Waals surface area contributed by atoms with E-state index >= 15 is 0 Å². The number of ether oxygens (including phenoxy) is 2. The molecule has 2 N–H and O–H groups in total. The summed E-state index contributed by atoms with van der Waals surface area (Å²) in [6.45, 7) is 0. The number of methoxy groups -OCH3 is 2. The van der Waals surface area contributed by atoms with Gasteiger partial charge in [0.15, 0.2) is 0 Å². The smallest absolute Gasteiger partial charge is 0.314 e. The van der Waals surface area contributed by atoms with E-state index in [1.54, 1.807) is 12.1 Å². The summed E-state index contributed by atoms with van der Waals surface area (Å²) in [6.07, 6.45) is 0. The standard InChI is InChI=1S/C10H10N2O4/c1-15-5-3-4-6(16-2)8-7(5)11-9(13)10(14)12-8/h3-4H,1-2H3,(H,11,13)(H,12,14). The second kappa shape index (κ2) is 3.73. The highest BCUT2D eigenvalue weighted by Gasteiger charge is 2.09. The summed E-state index contributed by atoms with van der Waals surface area (Å²) in [5.41, 5.74) is -0.629. The number of benzene rings is 1. The fourth-order valence-corrected chi connectivity index (χ4v) is 1.49. The molecule has 0 bridgehead atoms. The molecule has 1 aromatic heterocycles. The number of hydrogen-bond donors (Lipinski definition) is 2. The van der Waals surface area contributed by atoms with E-state index < -0.39 is 11.1 Å². The lowest BCUT2D eigenvalue weighted by Crippen LogP contribution is -2.29. The van der Waals surface area contributed by atoms with Gasteiger partial charge in [-0.25, -0.2) is 0 Å². The van der Waals surface area contributed by atoms with Crippen molar-refractivity contribution in [3.63, 3.8) is 0 Å². The molecule has 0 saturated heterocycles. The first-order valence-electron chi connectivity index (χ1n) is 4.54. The first kappa shape index (κ1) is 10.3. The van der Waals surface area contributed by atoms with Crippen molar-refractivity contribution >= 4 is 11.0 Å². The highest BCUT2D eigenvalue weighted by molar-refractivity contribution is 5.86. The molecule has 2 aromatic rings. The van der Waals surface area contributed by atoms with Crippen molar-refractivity contribution in [3.05, 3.63) is 32.8 Å². The van der Waals surface area contributed by atoms with Gasteiger partial charge >= 0.3 is 11.1 Å². The molecule has 0 amide bonds. The molecule has 0 aliphatic rings. The zero-order chi connectivity index (χ0) is 11.7. The van der Waals surface area contributed by atoms with Crippen LogP contribution in [0.3, 0.4) is 0 Å². The lowest BCUT2D eigenvalue weighted by atomic mass is 10.2. The monoisotopic (exact) mass is 222 g/mol. The molecule has 6 nitrogen and oxygen atoms in total. The first-order chi connectivity index (χ1) is 7.67. The van der Waals surface area contributed by atoms with E-state index in [0.717, 1.165) is 0 Å². The Bertz CT molecular complexity index is 585. The normalized spacial score (nSPS) is 10.4. The summed E-state index contributed by atoms with van der Waals surface area (Å²) in [5, 5.41) is 0. The predicted molar refractivity (Wildman–Crippen MR) is 58.3 cm³/mol. The molecule has 0 radical (unpaired) electrons. The average Bonchev–Trinajstić information content (AvgIpc) is 2.29. The van der Waals surface area contributed by atoms with Gasteiger partial charge in [0.1, 0.15) is 22.5 Å². The number of fused-ring (bicyclic) bond motifs is 1. The molecule has 0 saturated carbocycles. The van der Waals surface area contributed by atoms with Crippen LogP contribution in [0.2, 0.25) is 0 Å². The number of nitrogens with one attached hydrogen (secondary N) is 2. The molecule has 0 atom stereocenters. The van der Waals surface area contributed by atoms with Gasteiger partial charge in [-0.15, -0.1) is 0 Å². The minimum atomic E-state index is -0.723. The molecule has 0 unspecified atom stereocenters. The van der Waals surface area contributed by atoms with Gasteiger partial charge in [0, 0.05) is 0 Å². The fourth-order valence-electron chi connectivity index (χ4n) is 1.49. The van der Waals surface area contributed by atoms with Crippen molar-refractivity contribution in [1.82, 2.24) is 9.97 Å². The molecule has 2 rings (SSSR count). The van der Waals surface area contributed by atoms with Crippen LogP contribution >= 0.6 is 0 Å². The van der Waals surface area contributed by atoms with Crippen LogP contribution in [0.15, 0.2) is 21.7 Å². The highest BCUT2D eigenvalue weighted by Crippen LogP contribution is 2.28. The Morgan fingerprint density at radius 2 is 1.25 bits per heavy atom. The zero-order valence-corrected chi connectivity index (χ0v) is 8.79. The van der Waals surface area contributed by atoms with Crippen molar-refractivity contribution in [2.45, 2.75) is 0 Å². The molecular formula is C10H10N2O4. The van der Waals surface area contributed by atoms with Crippen LogP contribution in [0.4, 0.5) is 0 Å². The van der Waals surface area contributed by atoms with E-state index in [-0.39, 0.29) is 0 Å². The summed E-state index contributed by atoms with van der Waals surface area (Å²) in [4.78, 5) is 27.3. The topological polar surface area (TPSA) is 84.2 Å². The van der Waals surface area contributed by atoms with Crippen LogP contribution in [-0.2, 0) is 0 Å². The second-order valence-corrected chi connectivity index (χ2v) is 3.13. The van der Waals surface area contributed by atoms with Gasteiger partial charge in [0.2, 0.25) is 0 Å². The van der Waals surface area contributed by atoms with E-state index in [1.165, 1.54) is 14.2 Å². The van der Waals surface area contributed by atoms with Crippen LogP contribution in [0.5, 0.6) is 11.5 Å². The Morgan fingerprint density at radius 1 is 0.875 bits per heavy atom. The van der Waals surface area contributed by atoms with Crippen LogP contribution < -0.4 is 20.6 Å². The van der Waals surface area contributed by atoms with E-state index in [0.29, 0.717) is 22.5 Å². The van der Waals surface area contributed by atoms with Crippen LogP contribution in [0.1, 0.15) is 0 Å². The van der Waals surface area contributed by atoms with Gasteiger partial charge in [-0.05, 0) is 12.1 Å². The number of aromatic amines is 2. The van der Waals surface area contributed by atoms with Gasteiger partial charge in [0.25, 0.3) is 0 Å². The maximum Gasteiger partial charge on any atom is 0.314 e. The molecule has 1 aromatic carbocycles. The van der Waals surface area contributed by atoms with E-state index in [1.807, 2.05) is 0 Å². The maximum atomic E-state index is 11.2. The number of aromatic nitrogens is 2. The van der Waals surface area contributed by atoms with Crippen molar-refractivity contribution in [2.75, 3.05) is 14.2 Å². The Labute approximate surface area is 89.8 Å². The van der Waals surface area contributed by atoms with Crippen molar-refractivity contribution in [3.8, 4) is 11.5 Å². The summed E-state index contributed by atoms with van der Waals surface area (Å²) < 4.78 is 10.1. The Hall–Kier alpha value is -2.24. The molecule has 0 aliphatic heterocycles. The van der Waals surface area contributed by atoms with Crippen molar-refractivity contribution < 1.29 is 9.47 Å². The number of hydrogen-bond acceptors (Lipinski definition) is 4. The zero-order valence-electron chi connectivity index (χ0n) is 8.79. The minimum Gasteiger partial charge on any atom is -0.494 e. The third-order valence-corrected chi connectivity index (χ3v) is 2.25. The summed E-state index contributed by atoms with van der Waals surface area (Å²) >= 11 is 0.